The third-order valence-electron chi connectivity index (χ3n) is 2.29. The normalized spacial score (nSPS) is 13.7. The Bertz CT molecular complexity index is 314. The molecule has 0 aromatic heterocycles. The van der Waals surface area contributed by atoms with Crippen molar-refractivity contribution in [2.24, 2.45) is 22.2 Å². The van der Waals surface area contributed by atoms with Gasteiger partial charge >= 0.3 is 11.9 Å². The van der Waals surface area contributed by atoms with E-state index in [0.717, 1.165) is 0 Å². The van der Waals surface area contributed by atoms with Crippen LogP contribution in [0.1, 0.15) is 25.7 Å². The average Bonchev–Trinajstić information content (AvgIpc) is 2.21. The Morgan fingerprint density at radius 3 is 2.18 bits per heavy atom. The van der Waals surface area contributed by atoms with Gasteiger partial charge in [0.25, 0.3) is 0 Å². The lowest BCUT2D eigenvalue weighted by Gasteiger charge is -2.23. The molecule has 0 aliphatic carbocycles. The van der Waals surface area contributed by atoms with E-state index in [1.54, 1.807) is 0 Å². The van der Waals surface area contributed by atoms with Crippen molar-refractivity contribution in [2.75, 3.05) is 6.54 Å². The van der Waals surface area contributed by atoms with Crippen LogP contribution < -0.4 is 17.2 Å². The standard InChI is InChI=1S/C9H18N4O4/c10-8(11)13-5-1-3-9(12,7(16)17)4-2-6(14)15/h1-5,12H2,(H,14,15)(H,16,17)(H4,10,11,13). The van der Waals surface area contributed by atoms with E-state index in [-0.39, 0.29) is 31.8 Å². The molecule has 8 heteroatoms. The van der Waals surface area contributed by atoms with Crippen molar-refractivity contribution >= 4 is 17.9 Å². The van der Waals surface area contributed by atoms with Crippen molar-refractivity contribution in [2.45, 2.75) is 31.2 Å². The molecule has 0 radical (unpaired) electrons. The number of carboxylic acid groups (broad SMARTS) is 2. The first-order valence-corrected chi connectivity index (χ1v) is 5.07. The number of guanidine groups is 1. The largest absolute Gasteiger partial charge is 0.481 e. The van der Waals surface area contributed by atoms with Gasteiger partial charge in [-0.15, -0.1) is 0 Å². The Morgan fingerprint density at radius 1 is 1.18 bits per heavy atom. The van der Waals surface area contributed by atoms with Crippen molar-refractivity contribution in [3.05, 3.63) is 0 Å². The van der Waals surface area contributed by atoms with Crippen molar-refractivity contribution in [1.82, 2.24) is 0 Å². The summed E-state index contributed by atoms with van der Waals surface area (Å²) in [5, 5.41) is 17.5. The van der Waals surface area contributed by atoms with E-state index in [4.69, 9.17) is 27.4 Å². The highest BCUT2D eigenvalue weighted by atomic mass is 16.4. The summed E-state index contributed by atoms with van der Waals surface area (Å²) < 4.78 is 0. The second kappa shape index (κ2) is 6.69. The lowest BCUT2D eigenvalue weighted by Crippen LogP contribution is -2.48. The minimum atomic E-state index is -1.54. The molecule has 17 heavy (non-hydrogen) atoms. The Kier molecular flexibility index (Phi) is 5.97. The third kappa shape index (κ3) is 6.36. The van der Waals surface area contributed by atoms with Crippen LogP contribution in [0.4, 0.5) is 0 Å². The van der Waals surface area contributed by atoms with Crippen molar-refractivity contribution in [3.8, 4) is 0 Å². The zero-order valence-electron chi connectivity index (χ0n) is 9.43. The van der Waals surface area contributed by atoms with E-state index >= 15 is 0 Å². The third-order valence-corrected chi connectivity index (χ3v) is 2.29. The molecule has 0 saturated carbocycles. The molecule has 0 heterocycles. The van der Waals surface area contributed by atoms with Crippen LogP contribution in [0.15, 0.2) is 4.99 Å². The van der Waals surface area contributed by atoms with E-state index in [1.807, 2.05) is 0 Å². The summed E-state index contributed by atoms with van der Waals surface area (Å²) in [4.78, 5) is 25.0. The van der Waals surface area contributed by atoms with Crippen LogP contribution >= 0.6 is 0 Å². The highest BCUT2D eigenvalue weighted by Gasteiger charge is 2.33. The molecule has 1 unspecified atom stereocenters. The number of carboxylic acids is 2. The second-order valence-corrected chi connectivity index (χ2v) is 3.77. The highest BCUT2D eigenvalue weighted by molar-refractivity contribution is 5.79. The number of hydrogen-bond acceptors (Lipinski definition) is 4. The number of rotatable bonds is 8. The first-order valence-electron chi connectivity index (χ1n) is 5.07. The molecule has 0 aliphatic rings. The Morgan fingerprint density at radius 2 is 1.76 bits per heavy atom. The molecular weight excluding hydrogens is 228 g/mol. The summed E-state index contributed by atoms with van der Waals surface area (Å²) in [7, 11) is 0. The minimum Gasteiger partial charge on any atom is -0.481 e. The molecule has 0 spiro atoms. The van der Waals surface area contributed by atoms with Gasteiger partial charge in [0.2, 0.25) is 0 Å². The van der Waals surface area contributed by atoms with Crippen LogP contribution in [0.5, 0.6) is 0 Å². The summed E-state index contributed by atoms with van der Waals surface area (Å²) in [5.74, 6) is -2.37. The van der Waals surface area contributed by atoms with Gasteiger partial charge in [0, 0.05) is 13.0 Å². The predicted molar refractivity (Wildman–Crippen MR) is 61.3 cm³/mol. The maximum atomic E-state index is 11.0. The SMILES string of the molecule is NC(N)=NCCCC(N)(CCC(=O)O)C(=O)O. The summed E-state index contributed by atoms with van der Waals surface area (Å²) in [5.41, 5.74) is 14.3. The summed E-state index contributed by atoms with van der Waals surface area (Å²) in [6.07, 6.45) is 0.0807. The van der Waals surface area contributed by atoms with Gasteiger partial charge in [-0.05, 0) is 19.3 Å². The fourth-order valence-corrected chi connectivity index (χ4v) is 1.27. The fraction of sp³-hybridized carbons (Fsp3) is 0.667. The quantitative estimate of drug-likeness (QED) is 0.201. The van der Waals surface area contributed by atoms with Gasteiger partial charge in [0.15, 0.2) is 5.96 Å². The lowest BCUT2D eigenvalue weighted by molar-refractivity contribution is -0.144. The molecule has 8 N–H and O–H groups in total. The first-order chi connectivity index (χ1) is 7.78. The Balaban J connectivity index is 4.26. The van der Waals surface area contributed by atoms with Gasteiger partial charge in [-0.25, -0.2) is 0 Å². The number of nitrogens with zero attached hydrogens (tertiary/aromatic N) is 1. The van der Waals surface area contributed by atoms with Crippen LogP contribution in [-0.4, -0.2) is 40.2 Å². The van der Waals surface area contributed by atoms with Gasteiger partial charge in [0.05, 0.1) is 0 Å². The smallest absolute Gasteiger partial charge is 0.323 e. The molecule has 0 rings (SSSR count). The van der Waals surface area contributed by atoms with Gasteiger partial charge in [0.1, 0.15) is 5.54 Å². The van der Waals surface area contributed by atoms with Crippen molar-refractivity contribution < 1.29 is 19.8 Å². The maximum absolute atomic E-state index is 11.0. The van der Waals surface area contributed by atoms with E-state index in [0.29, 0.717) is 6.42 Å². The van der Waals surface area contributed by atoms with Gasteiger partial charge in [-0.3, -0.25) is 14.6 Å². The van der Waals surface area contributed by atoms with Crippen LogP contribution in [0.25, 0.3) is 0 Å². The lowest BCUT2D eigenvalue weighted by atomic mass is 9.89. The molecule has 8 nitrogen and oxygen atoms in total. The number of aliphatic imine (C=N–C) groups is 1. The predicted octanol–water partition coefficient (Wildman–Crippen LogP) is -1.31. The monoisotopic (exact) mass is 246 g/mol. The average molecular weight is 246 g/mol. The number of nitrogens with two attached hydrogens (primary N) is 3. The van der Waals surface area contributed by atoms with Crippen LogP contribution in [-0.2, 0) is 9.59 Å². The zero-order valence-corrected chi connectivity index (χ0v) is 9.43. The summed E-state index contributed by atoms with van der Waals surface area (Å²) >= 11 is 0. The van der Waals surface area contributed by atoms with E-state index in [2.05, 4.69) is 4.99 Å². The molecular formula is C9H18N4O4. The second-order valence-electron chi connectivity index (χ2n) is 3.77. The van der Waals surface area contributed by atoms with Gasteiger partial charge < -0.3 is 27.4 Å². The molecule has 0 fully saturated rings. The van der Waals surface area contributed by atoms with Crippen molar-refractivity contribution in [1.29, 1.82) is 0 Å². The minimum absolute atomic E-state index is 0.0755. The molecule has 0 bridgehead atoms. The molecule has 0 aromatic carbocycles. The topological polar surface area (TPSA) is 165 Å². The summed E-state index contributed by atoms with van der Waals surface area (Å²) in [6, 6.07) is 0. The van der Waals surface area contributed by atoms with E-state index in [9.17, 15) is 9.59 Å². The highest BCUT2D eigenvalue weighted by Crippen LogP contribution is 2.17. The zero-order chi connectivity index (χ0) is 13.5. The molecule has 0 aromatic rings. The Labute approximate surface area is 98.5 Å². The van der Waals surface area contributed by atoms with E-state index in [1.165, 1.54) is 0 Å². The number of hydrogen-bond donors (Lipinski definition) is 5. The molecule has 98 valence electrons. The molecule has 0 amide bonds. The maximum Gasteiger partial charge on any atom is 0.323 e. The number of carbonyl (C=O) groups is 2. The Hall–Kier alpha value is -1.83. The number of aliphatic carboxylic acids is 2. The van der Waals surface area contributed by atoms with Gasteiger partial charge in [-0.2, -0.15) is 0 Å². The van der Waals surface area contributed by atoms with E-state index < -0.39 is 17.5 Å². The summed E-state index contributed by atoms with van der Waals surface area (Å²) in [6.45, 7) is 0.266. The van der Waals surface area contributed by atoms with Crippen LogP contribution in [0.3, 0.4) is 0 Å². The molecule has 0 saturated heterocycles. The van der Waals surface area contributed by atoms with Gasteiger partial charge in [-0.1, -0.05) is 0 Å². The van der Waals surface area contributed by atoms with Crippen LogP contribution in [0.2, 0.25) is 0 Å². The fourth-order valence-electron chi connectivity index (χ4n) is 1.27. The molecule has 1 atom stereocenters. The van der Waals surface area contributed by atoms with Crippen LogP contribution in [0, 0.1) is 0 Å². The molecule has 0 aliphatic heterocycles. The first kappa shape index (κ1) is 15.2. The van der Waals surface area contributed by atoms with Crippen molar-refractivity contribution in [3.63, 3.8) is 0 Å².